The normalized spacial score (nSPS) is 41.2. The number of piperidine rings is 1. The van der Waals surface area contributed by atoms with Crippen molar-refractivity contribution in [1.29, 1.82) is 0 Å². The van der Waals surface area contributed by atoms with Crippen molar-refractivity contribution in [1.82, 2.24) is 10.2 Å². The average Bonchev–Trinajstić information content (AvgIpc) is 2.87. The van der Waals surface area contributed by atoms with Crippen LogP contribution in [0, 0.1) is 5.41 Å². The summed E-state index contributed by atoms with van der Waals surface area (Å²) >= 11 is 0. The Morgan fingerprint density at radius 1 is 1.22 bits per heavy atom. The summed E-state index contributed by atoms with van der Waals surface area (Å²) in [6.45, 7) is 2.19. The lowest BCUT2D eigenvalue weighted by Crippen LogP contribution is -2.48. The van der Waals surface area contributed by atoms with Crippen molar-refractivity contribution >= 4 is 5.91 Å². The number of likely N-dealkylation sites (tertiary alicyclic amines) is 1. The summed E-state index contributed by atoms with van der Waals surface area (Å²) in [7, 11) is 2.15. The lowest BCUT2D eigenvalue weighted by molar-refractivity contribution is -0.131. The molecule has 3 N–H and O–H groups in total. The van der Waals surface area contributed by atoms with Crippen molar-refractivity contribution in [2.24, 2.45) is 11.1 Å². The van der Waals surface area contributed by atoms with E-state index >= 15 is 0 Å². The number of nitrogens with zero attached hydrogens (tertiary/aromatic N) is 1. The lowest BCUT2D eigenvalue weighted by Gasteiger charge is -2.33. The van der Waals surface area contributed by atoms with E-state index in [-0.39, 0.29) is 11.0 Å². The van der Waals surface area contributed by atoms with Crippen molar-refractivity contribution in [3.63, 3.8) is 0 Å². The number of amides is 1. The predicted molar refractivity (Wildman–Crippen MR) is 71.1 cm³/mol. The monoisotopic (exact) mass is 251 g/mol. The second kappa shape index (κ2) is 4.20. The van der Waals surface area contributed by atoms with Crippen LogP contribution in [0.4, 0.5) is 0 Å². The molecule has 102 valence electrons. The van der Waals surface area contributed by atoms with Gasteiger partial charge >= 0.3 is 0 Å². The average molecular weight is 251 g/mol. The maximum Gasteiger partial charge on any atom is 0.226 e. The fraction of sp³-hybridized carbons (Fsp3) is 0.929. The van der Waals surface area contributed by atoms with E-state index in [1.54, 1.807) is 0 Å². The first-order valence-electron chi connectivity index (χ1n) is 7.30. The summed E-state index contributed by atoms with van der Waals surface area (Å²) < 4.78 is 0. The molecule has 0 aromatic carbocycles. The third-order valence-corrected chi connectivity index (χ3v) is 5.43. The van der Waals surface area contributed by atoms with Gasteiger partial charge in [0.1, 0.15) is 0 Å². The molecule has 1 heterocycles. The van der Waals surface area contributed by atoms with Gasteiger partial charge in [-0.3, -0.25) is 4.79 Å². The highest BCUT2D eigenvalue weighted by Gasteiger charge is 2.56. The molecule has 2 saturated carbocycles. The zero-order valence-electron chi connectivity index (χ0n) is 11.4. The van der Waals surface area contributed by atoms with Gasteiger partial charge in [0.25, 0.3) is 0 Å². The third-order valence-electron chi connectivity index (χ3n) is 5.43. The quantitative estimate of drug-likeness (QED) is 0.765. The van der Waals surface area contributed by atoms with Gasteiger partial charge in [-0.15, -0.1) is 0 Å². The zero-order chi connectivity index (χ0) is 12.8. The molecule has 2 bridgehead atoms. The van der Waals surface area contributed by atoms with Gasteiger partial charge in [-0.25, -0.2) is 0 Å². The topological polar surface area (TPSA) is 58.4 Å². The molecule has 0 radical (unpaired) electrons. The molecule has 0 spiro atoms. The van der Waals surface area contributed by atoms with Crippen molar-refractivity contribution in [2.75, 3.05) is 20.1 Å². The first kappa shape index (κ1) is 12.4. The van der Waals surface area contributed by atoms with Crippen molar-refractivity contribution in [3.05, 3.63) is 0 Å². The van der Waals surface area contributed by atoms with Crippen LogP contribution >= 0.6 is 0 Å². The maximum absolute atomic E-state index is 12.5. The minimum Gasteiger partial charge on any atom is -0.353 e. The van der Waals surface area contributed by atoms with Gasteiger partial charge < -0.3 is 16.0 Å². The molecular formula is C14H25N3O. The van der Waals surface area contributed by atoms with Gasteiger partial charge in [0, 0.05) is 11.6 Å². The number of nitrogens with two attached hydrogens (primary N) is 1. The Labute approximate surface area is 109 Å². The highest BCUT2D eigenvalue weighted by atomic mass is 16.2. The summed E-state index contributed by atoms with van der Waals surface area (Å²) in [5, 5.41) is 3.30. The molecule has 0 aromatic rings. The van der Waals surface area contributed by atoms with Gasteiger partial charge in [0.2, 0.25) is 5.91 Å². The molecule has 2 aliphatic carbocycles. The van der Waals surface area contributed by atoms with Crippen LogP contribution in [0.15, 0.2) is 0 Å². The molecule has 1 amide bonds. The van der Waals surface area contributed by atoms with Crippen LogP contribution in [0.25, 0.3) is 0 Å². The standard InChI is InChI=1S/C14H25N3O/c1-17-8-2-11(3-9-17)16-12(18)13-4-6-14(15,10-13)7-5-13/h11H,2-10,15H2,1H3,(H,16,18). The molecule has 3 aliphatic rings. The lowest BCUT2D eigenvalue weighted by atomic mass is 9.82. The fourth-order valence-corrected chi connectivity index (χ4v) is 4.05. The van der Waals surface area contributed by atoms with Crippen LogP contribution in [0.2, 0.25) is 0 Å². The van der Waals surface area contributed by atoms with E-state index in [1.165, 1.54) is 0 Å². The SMILES string of the molecule is CN1CCC(NC(=O)C23CCC(N)(CC2)C3)CC1. The molecule has 3 fully saturated rings. The number of rotatable bonds is 2. The van der Waals surface area contributed by atoms with Crippen molar-refractivity contribution < 1.29 is 4.79 Å². The van der Waals surface area contributed by atoms with E-state index in [9.17, 15) is 4.79 Å². The van der Waals surface area contributed by atoms with Gasteiger partial charge in [0.15, 0.2) is 0 Å². The Kier molecular flexibility index (Phi) is 2.90. The van der Waals surface area contributed by atoms with Crippen LogP contribution in [-0.4, -0.2) is 42.5 Å². The van der Waals surface area contributed by atoms with E-state index < -0.39 is 0 Å². The van der Waals surface area contributed by atoms with E-state index in [4.69, 9.17) is 5.73 Å². The van der Waals surface area contributed by atoms with E-state index in [0.717, 1.165) is 58.0 Å². The van der Waals surface area contributed by atoms with Crippen LogP contribution in [0.3, 0.4) is 0 Å². The minimum absolute atomic E-state index is 0.0237. The second-order valence-corrected chi connectivity index (χ2v) is 6.87. The Hall–Kier alpha value is -0.610. The maximum atomic E-state index is 12.5. The largest absolute Gasteiger partial charge is 0.353 e. The van der Waals surface area contributed by atoms with Crippen LogP contribution in [-0.2, 0) is 4.79 Å². The second-order valence-electron chi connectivity index (χ2n) is 6.87. The molecule has 0 aromatic heterocycles. The number of hydrogen-bond donors (Lipinski definition) is 2. The first-order chi connectivity index (χ1) is 8.51. The molecule has 4 heteroatoms. The summed E-state index contributed by atoms with van der Waals surface area (Å²) in [5.74, 6) is 0.293. The molecule has 0 atom stereocenters. The van der Waals surface area contributed by atoms with Gasteiger partial charge in [-0.2, -0.15) is 0 Å². The summed E-state index contributed by atoms with van der Waals surface area (Å²) in [6.07, 6.45) is 7.17. The predicted octanol–water partition coefficient (Wildman–Crippen LogP) is 0.858. The number of carbonyl (C=O) groups is 1. The molecule has 0 unspecified atom stereocenters. The summed E-state index contributed by atoms with van der Waals surface area (Å²) in [5.41, 5.74) is 6.15. The van der Waals surface area contributed by atoms with Crippen molar-refractivity contribution in [3.8, 4) is 0 Å². The molecule has 1 aliphatic heterocycles. The third kappa shape index (κ3) is 2.05. The van der Waals surface area contributed by atoms with Gasteiger partial charge in [-0.05, 0) is 65.1 Å². The molecule has 18 heavy (non-hydrogen) atoms. The molecule has 4 nitrogen and oxygen atoms in total. The summed E-state index contributed by atoms with van der Waals surface area (Å²) in [4.78, 5) is 14.9. The highest BCUT2D eigenvalue weighted by molar-refractivity contribution is 5.84. The smallest absolute Gasteiger partial charge is 0.226 e. The minimum atomic E-state index is -0.113. The number of fused-ring (bicyclic) bond motifs is 2. The summed E-state index contributed by atoms with van der Waals surface area (Å²) in [6, 6.07) is 0.386. The first-order valence-corrected chi connectivity index (χ1v) is 7.30. The van der Waals surface area contributed by atoms with Gasteiger partial charge in [-0.1, -0.05) is 0 Å². The Bertz CT molecular complexity index is 339. The number of hydrogen-bond acceptors (Lipinski definition) is 3. The van der Waals surface area contributed by atoms with E-state index in [1.807, 2.05) is 0 Å². The van der Waals surface area contributed by atoms with Crippen LogP contribution < -0.4 is 11.1 Å². The van der Waals surface area contributed by atoms with E-state index in [2.05, 4.69) is 17.3 Å². The fourth-order valence-electron chi connectivity index (χ4n) is 4.05. The molecule has 3 rings (SSSR count). The molecular weight excluding hydrogens is 226 g/mol. The van der Waals surface area contributed by atoms with Gasteiger partial charge in [0.05, 0.1) is 5.41 Å². The van der Waals surface area contributed by atoms with Crippen molar-refractivity contribution in [2.45, 2.75) is 56.5 Å². The Morgan fingerprint density at radius 3 is 2.33 bits per heavy atom. The number of nitrogens with one attached hydrogen (secondary N) is 1. The van der Waals surface area contributed by atoms with Crippen LogP contribution in [0.1, 0.15) is 44.9 Å². The van der Waals surface area contributed by atoms with E-state index in [0.29, 0.717) is 11.9 Å². The molecule has 1 saturated heterocycles. The Balaban J connectivity index is 1.59. The Morgan fingerprint density at radius 2 is 1.83 bits per heavy atom. The van der Waals surface area contributed by atoms with Crippen LogP contribution in [0.5, 0.6) is 0 Å². The number of carbonyl (C=O) groups excluding carboxylic acids is 1. The highest BCUT2D eigenvalue weighted by Crippen LogP contribution is 2.55. The zero-order valence-corrected chi connectivity index (χ0v) is 11.4.